The minimum atomic E-state index is -0.973. The van der Waals surface area contributed by atoms with Crippen molar-refractivity contribution >= 4 is 40.1 Å². The number of quaternary nitrogens is 1. The van der Waals surface area contributed by atoms with E-state index in [1.807, 2.05) is 77.9 Å². The van der Waals surface area contributed by atoms with Crippen molar-refractivity contribution in [2.75, 3.05) is 17.2 Å². The van der Waals surface area contributed by atoms with E-state index in [1.54, 1.807) is 12.1 Å². The van der Waals surface area contributed by atoms with Gasteiger partial charge in [-0.25, -0.2) is 18.9 Å². The number of hydrogen-bond acceptors (Lipinski definition) is 3. The van der Waals surface area contributed by atoms with E-state index in [2.05, 4.69) is 10.6 Å². The summed E-state index contributed by atoms with van der Waals surface area (Å²) >= 11 is 0. The Labute approximate surface area is 218 Å². The first-order valence-electron chi connectivity index (χ1n) is 12.7. The number of carboxylic acid groups (broad SMARTS) is 1. The number of nitrogens with zero attached hydrogens (tertiary/aromatic N) is 1. The number of benzene rings is 3. The molecule has 3 N–H and O–H groups in total. The number of carbonyl (C=O) groups is 3. The Kier molecular flexibility index (Phi) is 6.86. The summed E-state index contributed by atoms with van der Waals surface area (Å²) in [5.41, 5.74) is 3.74. The fourth-order valence-corrected chi connectivity index (χ4v) is 5.95. The van der Waals surface area contributed by atoms with Crippen molar-refractivity contribution in [3.8, 4) is 0 Å². The van der Waals surface area contributed by atoms with Crippen LogP contribution in [0.3, 0.4) is 0 Å². The molecule has 2 atom stereocenters. The maximum Gasteiger partial charge on any atom is 0.363 e. The molecule has 0 aromatic heterocycles. The number of hydrogen-bond donors (Lipinski definition) is 3. The first kappa shape index (κ1) is 26.4. The molecule has 1 unspecified atom stereocenters. The lowest BCUT2D eigenvalue weighted by Crippen LogP contribution is -2.68. The molecule has 0 bridgehead atoms. The largest absolute Gasteiger partial charge is 0.477 e. The monoisotopic (exact) mass is 502 g/mol. The Morgan fingerprint density at radius 2 is 1.51 bits per heavy atom. The Balaban J connectivity index is 1.80. The quantitative estimate of drug-likeness (QED) is 0.359. The van der Waals surface area contributed by atoms with Gasteiger partial charge in [-0.05, 0) is 75.6 Å². The molecule has 3 aromatic carbocycles. The van der Waals surface area contributed by atoms with Crippen molar-refractivity contribution in [1.82, 2.24) is 0 Å². The molecule has 7 heteroatoms. The van der Waals surface area contributed by atoms with Gasteiger partial charge < -0.3 is 15.7 Å². The van der Waals surface area contributed by atoms with Crippen LogP contribution in [0.5, 0.6) is 0 Å². The van der Waals surface area contributed by atoms with Crippen molar-refractivity contribution in [2.45, 2.75) is 66.0 Å². The third-order valence-corrected chi connectivity index (χ3v) is 7.64. The molecule has 3 amide bonds. The van der Waals surface area contributed by atoms with Crippen molar-refractivity contribution in [3.63, 3.8) is 0 Å². The average molecular weight is 503 g/mol. The number of urea groups is 1. The lowest BCUT2D eigenvalue weighted by atomic mass is 9.94. The SMILES string of the molecule is Cc1cc(C)c(NC(=O)Nc2cc3ccccc3cc2C(=O)[N+]2(C(C)(C)C)CCC[C@@H]2C(=O)O)c(C)c1. The maximum atomic E-state index is 14.4. The summed E-state index contributed by atoms with van der Waals surface area (Å²) in [6.07, 6.45) is 1.07. The van der Waals surface area contributed by atoms with E-state index in [0.29, 0.717) is 30.6 Å². The van der Waals surface area contributed by atoms with Gasteiger partial charge in [0.2, 0.25) is 0 Å². The predicted molar refractivity (Wildman–Crippen MR) is 147 cm³/mol. The van der Waals surface area contributed by atoms with E-state index in [4.69, 9.17) is 0 Å². The highest BCUT2D eigenvalue weighted by molar-refractivity contribution is 6.08. The van der Waals surface area contributed by atoms with Gasteiger partial charge in [0.25, 0.3) is 0 Å². The molecule has 0 aliphatic carbocycles. The predicted octanol–water partition coefficient (Wildman–Crippen LogP) is 6.41. The molecule has 7 nitrogen and oxygen atoms in total. The number of likely N-dealkylation sites (tertiary alicyclic amines) is 1. The Morgan fingerprint density at radius 1 is 0.919 bits per heavy atom. The fraction of sp³-hybridized carbons (Fsp3) is 0.367. The highest BCUT2D eigenvalue weighted by Gasteiger charge is 2.59. The summed E-state index contributed by atoms with van der Waals surface area (Å²) in [7, 11) is 0. The summed E-state index contributed by atoms with van der Waals surface area (Å²) in [6.45, 7) is 12.1. The molecule has 194 valence electrons. The molecular weight excluding hydrogens is 466 g/mol. The second-order valence-corrected chi connectivity index (χ2v) is 11.2. The van der Waals surface area contributed by atoms with Gasteiger partial charge in [-0.15, -0.1) is 0 Å². The topological polar surface area (TPSA) is 95.5 Å². The lowest BCUT2D eigenvalue weighted by molar-refractivity contribution is -0.899. The second kappa shape index (κ2) is 9.63. The molecule has 1 aliphatic rings. The van der Waals surface area contributed by atoms with Crippen LogP contribution in [0, 0.1) is 20.8 Å². The molecule has 0 saturated carbocycles. The Bertz CT molecular complexity index is 1380. The number of aryl methyl sites for hydroxylation is 3. The number of anilines is 2. The number of fused-ring (bicyclic) bond motifs is 1. The third kappa shape index (κ3) is 4.71. The Morgan fingerprint density at radius 3 is 2.08 bits per heavy atom. The van der Waals surface area contributed by atoms with Crippen LogP contribution in [0.1, 0.15) is 60.7 Å². The number of carbonyl (C=O) groups excluding carboxylic acids is 2. The number of aliphatic carboxylic acids is 1. The van der Waals surface area contributed by atoms with Crippen LogP contribution >= 0.6 is 0 Å². The van der Waals surface area contributed by atoms with E-state index in [0.717, 1.165) is 33.2 Å². The van der Waals surface area contributed by atoms with E-state index in [-0.39, 0.29) is 10.4 Å². The van der Waals surface area contributed by atoms with Gasteiger partial charge in [-0.2, -0.15) is 0 Å². The van der Waals surface area contributed by atoms with Crippen LogP contribution in [0.4, 0.5) is 16.2 Å². The van der Waals surface area contributed by atoms with Gasteiger partial charge in [0.1, 0.15) is 5.56 Å². The van der Waals surface area contributed by atoms with Crippen LogP contribution < -0.4 is 10.6 Å². The van der Waals surface area contributed by atoms with Crippen LogP contribution in [0.25, 0.3) is 10.8 Å². The van der Waals surface area contributed by atoms with E-state index in [9.17, 15) is 19.5 Å². The van der Waals surface area contributed by atoms with Crippen LogP contribution in [-0.4, -0.2) is 45.6 Å². The van der Waals surface area contributed by atoms with Gasteiger partial charge >= 0.3 is 17.9 Å². The normalized spacial score (nSPS) is 19.6. The first-order valence-corrected chi connectivity index (χ1v) is 12.7. The standard InChI is InChI=1S/C30H35N3O4/c1-18-14-19(2)26(20(3)15-18)32-29(37)31-24-17-22-11-8-7-10-21(22)16-23(24)27(34)33(30(4,5)6)13-9-12-25(33)28(35)36/h7-8,10-11,14-17,25H,9,12-13H2,1-6H3,(H2-,31,32,34,35,36,37)/p+1/t25-,33?/m1/s1. The summed E-state index contributed by atoms with van der Waals surface area (Å²) in [5.74, 6) is -1.26. The summed E-state index contributed by atoms with van der Waals surface area (Å²) < 4.78 is -0.201. The molecule has 4 rings (SSSR count). The molecule has 0 radical (unpaired) electrons. The highest BCUT2D eigenvalue weighted by Crippen LogP contribution is 2.41. The van der Waals surface area contributed by atoms with Gasteiger partial charge in [0.15, 0.2) is 6.04 Å². The van der Waals surface area contributed by atoms with E-state index in [1.165, 1.54) is 0 Å². The van der Waals surface area contributed by atoms with Gasteiger partial charge in [-0.1, -0.05) is 42.0 Å². The molecular formula is C30H36N3O4+. The molecule has 0 spiro atoms. The minimum absolute atomic E-state index is 0.201. The second-order valence-electron chi connectivity index (χ2n) is 11.2. The van der Waals surface area contributed by atoms with E-state index < -0.39 is 23.6 Å². The summed E-state index contributed by atoms with van der Waals surface area (Å²) in [4.78, 5) is 40.0. The summed E-state index contributed by atoms with van der Waals surface area (Å²) in [5, 5.41) is 17.7. The van der Waals surface area contributed by atoms with Crippen molar-refractivity contribution in [2.24, 2.45) is 0 Å². The molecule has 1 aliphatic heterocycles. The molecule has 1 fully saturated rings. The fourth-order valence-electron chi connectivity index (χ4n) is 5.95. The zero-order valence-corrected chi connectivity index (χ0v) is 22.4. The van der Waals surface area contributed by atoms with Gasteiger partial charge in [0, 0.05) is 18.5 Å². The maximum absolute atomic E-state index is 14.4. The van der Waals surface area contributed by atoms with Crippen LogP contribution in [0.2, 0.25) is 0 Å². The average Bonchev–Trinajstić information content (AvgIpc) is 3.27. The van der Waals surface area contributed by atoms with Crippen molar-refractivity contribution in [1.29, 1.82) is 0 Å². The van der Waals surface area contributed by atoms with Crippen LogP contribution in [-0.2, 0) is 4.79 Å². The molecule has 37 heavy (non-hydrogen) atoms. The van der Waals surface area contributed by atoms with Crippen LogP contribution in [0.15, 0.2) is 48.5 Å². The number of rotatable bonds is 4. The zero-order valence-electron chi connectivity index (χ0n) is 22.4. The number of nitrogens with one attached hydrogen (secondary N) is 2. The molecule has 1 saturated heterocycles. The Hall–Kier alpha value is -3.71. The highest BCUT2D eigenvalue weighted by atomic mass is 16.4. The third-order valence-electron chi connectivity index (χ3n) is 7.64. The molecule has 1 heterocycles. The number of amides is 3. The molecule has 3 aromatic rings. The minimum Gasteiger partial charge on any atom is -0.477 e. The number of carboxylic acids is 1. The lowest BCUT2D eigenvalue weighted by Gasteiger charge is -2.46. The smallest absolute Gasteiger partial charge is 0.363 e. The van der Waals surface area contributed by atoms with Gasteiger partial charge in [0.05, 0.1) is 17.8 Å². The first-order chi connectivity index (χ1) is 17.3. The summed E-state index contributed by atoms with van der Waals surface area (Å²) in [6, 6.07) is 13.9. The van der Waals surface area contributed by atoms with Crippen molar-refractivity contribution < 1.29 is 24.0 Å². The zero-order chi connectivity index (χ0) is 27.1. The van der Waals surface area contributed by atoms with Gasteiger partial charge in [-0.3, -0.25) is 0 Å². The van der Waals surface area contributed by atoms with E-state index >= 15 is 0 Å². The van der Waals surface area contributed by atoms with Crippen molar-refractivity contribution in [3.05, 3.63) is 70.8 Å².